The number of thiophene rings is 1. The minimum atomic E-state index is -0.696. The van der Waals surface area contributed by atoms with Gasteiger partial charge in [0.15, 0.2) is 5.76 Å². The van der Waals surface area contributed by atoms with Gasteiger partial charge >= 0.3 is 0 Å². The highest BCUT2D eigenvalue weighted by molar-refractivity contribution is 7.12. The van der Waals surface area contributed by atoms with Gasteiger partial charge in [-0.2, -0.15) is 0 Å². The maximum absolute atomic E-state index is 13.2. The number of hydrogen-bond donors (Lipinski definition) is 1. The topological polar surface area (TPSA) is 74.0 Å². The smallest absolute Gasteiger partial charge is 0.290 e. The monoisotopic (exact) mass is 408 g/mol. The Morgan fingerprint density at radius 2 is 1.93 bits per heavy atom. The summed E-state index contributed by atoms with van der Waals surface area (Å²) < 4.78 is 5.40. The van der Waals surface area contributed by atoms with Crippen molar-refractivity contribution in [3.8, 4) is 0 Å². The van der Waals surface area contributed by atoms with Gasteiger partial charge in [0.05, 0.1) is 29.3 Å². The second-order valence-corrected chi connectivity index (χ2v) is 7.92. The summed E-state index contributed by atoms with van der Waals surface area (Å²) in [5.41, 5.74) is 1.84. The van der Waals surface area contributed by atoms with Crippen molar-refractivity contribution in [3.05, 3.63) is 87.7 Å². The molecule has 3 heterocycles. The maximum atomic E-state index is 13.2. The number of carbonyl (C=O) groups excluding carboxylic acids is 2. The summed E-state index contributed by atoms with van der Waals surface area (Å²) in [6.07, 6.45) is 1.53. The molecule has 1 atom stereocenters. The van der Waals surface area contributed by atoms with Crippen LogP contribution in [0.1, 0.15) is 27.0 Å². The van der Waals surface area contributed by atoms with Gasteiger partial charge in [0.25, 0.3) is 5.91 Å². The van der Waals surface area contributed by atoms with Crippen LogP contribution in [0.4, 0.5) is 5.69 Å². The molecule has 6 nitrogen and oxygen atoms in total. The Labute approximate surface area is 172 Å². The normalized spacial score (nSPS) is 16.6. The lowest BCUT2D eigenvalue weighted by molar-refractivity contribution is -0.130. The lowest BCUT2D eigenvalue weighted by Gasteiger charge is -2.26. The van der Waals surface area contributed by atoms with Crippen molar-refractivity contribution >= 4 is 28.7 Å². The largest absolute Gasteiger partial charge is 0.503 e. The quantitative estimate of drug-likeness (QED) is 0.619. The first-order valence-electron chi connectivity index (χ1n) is 9.09. The highest BCUT2D eigenvalue weighted by atomic mass is 32.1. The maximum Gasteiger partial charge on any atom is 0.290 e. The Morgan fingerprint density at radius 1 is 1.17 bits per heavy atom. The van der Waals surface area contributed by atoms with Gasteiger partial charge in [-0.25, -0.2) is 0 Å². The molecular formula is C22H20N2O4S. The summed E-state index contributed by atoms with van der Waals surface area (Å²) in [5.74, 6) is -0.847. The van der Waals surface area contributed by atoms with Crippen molar-refractivity contribution in [1.29, 1.82) is 0 Å². The second-order valence-electron chi connectivity index (χ2n) is 6.97. The van der Waals surface area contributed by atoms with E-state index in [1.807, 2.05) is 43.3 Å². The second kappa shape index (κ2) is 7.60. The number of carbonyl (C=O) groups is 2. The van der Waals surface area contributed by atoms with E-state index in [1.165, 1.54) is 22.5 Å². The fourth-order valence-electron chi connectivity index (χ4n) is 3.46. The summed E-state index contributed by atoms with van der Waals surface area (Å²) in [7, 11) is 3.88. The van der Waals surface area contributed by atoms with Crippen molar-refractivity contribution in [2.24, 2.45) is 0 Å². The number of aliphatic hydroxyl groups excluding tert-OH is 1. The molecule has 0 saturated heterocycles. The SMILES string of the molecule is CN(C)c1ccc(C2C(C(=O)c3cccs3)=C(O)C(=O)N2Cc2ccco2)cc1. The number of anilines is 1. The number of nitrogens with zero attached hydrogens (tertiary/aromatic N) is 2. The third-order valence-electron chi connectivity index (χ3n) is 4.92. The Kier molecular flexibility index (Phi) is 4.98. The molecule has 1 N–H and O–H groups in total. The number of Topliss-reactive ketones (excluding diaryl/α,β-unsaturated/α-hetero) is 1. The van der Waals surface area contributed by atoms with Gasteiger partial charge in [-0.05, 0) is 41.3 Å². The van der Waals surface area contributed by atoms with Crippen molar-refractivity contribution < 1.29 is 19.1 Å². The molecule has 1 amide bonds. The molecule has 29 heavy (non-hydrogen) atoms. The van der Waals surface area contributed by atoms with Crippen molar-refractivity contribution in [1.82, 2.24) is 4.90 Å². The van der Waals surface area contributed by atoms with Gasteiger partial charge in [-0.15, -0.1) is 11.3 Å². The van der Waals surface area contributed by atoms with Gasteiger partial charge < -0.3 is 19.3 Å². The van der Waals surface area contributed by atoms with Crippen LogP contribution >= 0.6 is 11.3 Å². The predicted molar refractivity (Wildman–Crippen MR) is 111 cm³/mol. The Morgan fingerprint density at radius 3 is 2.52 bits per heavy atom. The molecule has 2 aromatic heterocycles. The molecule has 0 aliphatic carbocycles. The first-order valence-corrected chi connectivity index (χ1v) is 9.97. The third kappa shape index (κ3) is 3.45. The molecular weight excluding hydrogens is 388 g/mol. The zero-order valence-electron chi connectivity index (χ0n) is 16.0. The molecule has 148 valence electrons. The average Bonchev–Trinajstić information content (AvgIpc) is 3.46. The molecule has 0 fully saturated rings. The average molecular weight is 408 g/mol. The molecule has 7 heteroatoms. The van der Waals surface area contributed by atoms with E-state index in [9.17, 15) is 14.7 Å². The summed E-state index contributed by atoms with van der Waals surface area (Å²) in [4.78, 5) is 30.0. The Bertz CT molecular complexity index is 1050. The molecule has 1 aliphatic rings. The van der Waals surface area contributed by atoms with Gasteiger partial charge in [0, 0.05) is 19.8 Å². The number of furan rings is 1. The number of hydrogen-bond acceptors (Lipinski definition) is 6. The van der Waals surface area contributed by atoms with Gasteiger partial charge in [0.2, 0.25) is 5.78 Å². The van der Waals surface area contributed by atoms with Crippen LogP contribution in [0, 0.1) is 0 Å². The lowest BCUT2D eigenvalue weighted by Crippen LogP contribution is -2.30. The lowest BCUT2D eigenvalue weighted by atomic mass is 9.95. The van der Waals surface area contributed by atoms with Gasteiger partial charge in [-0.3, -0.25) is 9.59 Å². The van der Waals surface area contributed by atoms with Crippen molar-refractivity contribution in [3.63, 3.8) is 0 Å². The van der Waals surface area contributed by atoms with Crippen LogP contribution in [0.3, 0.4) is 0 Å². The molecule has 0 saturated carbocycles. The van der Waals surface area contributed by atoms with E-state index in [0.29, 0.717) is 10.6 Å². The van der Waals surface area contributed by atoms with Crippen LogP contribution < -0.4 is 4.90 Å². The van der Waals surface area contributed by atoms with Crippen LogP contribution in [-0.2, 0) is 11.3 Å². The first kappa shape index (κ1) is 19.0. The van der Waals surface area contributed by atoms with Crippen molar-refractivity contribution in [2.45, 2.75) is 12.6 Å². The Balaban J connectivity index is 1.78. The zero-order chi connectivity index (χ0) is 20.5. The molecule has 0 bridgehead atoms. The van der Waals surface area contributed by atoms with E-state index in [0.717, 1.165) is 11.3 Å². The van der Waals surface area contributed by atoms with E-state index in [1.54, 1.807) is 29.6 Å². The first-order chi connectivity index (χ1) is 14.0. The summed E-state index contributed by atoms with van der Waals surface area (Å²) in [5, 5.41) is 12.4. The van der Waals surface area contributed by atoms with E-state index in [-0.39, 0.29) is 17.9 Å². The summed E-state index contributed by atoms with van der Waals surface area (Å²) in [6.45, 7) is 0.150. The molecule has 0 radical (unpaired) electrons. The minimum absolute atomic E-state index is 0.0987. The van der Waals surface area contributed by atoms with Gasteiger partial charge in [-0.1, -0.05) is 18.2 Å². The highest BCUT2D eigenvalue weighted by Gasteiger charge is 2.44. The molecule has 1 aromatic carbocycles. The standard InChI is InChI=1S/C22H20N2O4S/c1-23(2)15-9-7-14(8-10-15)19-18(20(25)17-6-4-12-29-17)21(26)22(27)24(19)13-16-5-3-11-28-16/h3-12,19,26H,13H2,1-2H3. The summed E-state index contributed by atoms with van der Waals surface area (Å²) in [6, 6.07) is 13.9. The number of rotatable bonds is 6. The van der Waals surface area contributed by atoms with E-state index in [2.05, 4.69) is 0 Å². The van der Waals surface area contributed by atoms with Crippen LogP contribution in [0.5, 0.6) is 0 Å². The van der Waals surface area contributed by atoms with E-state index in [4.69, 9.17) is 4.42 Å². The van der Waals surface area contributed by atoms with Crippen LogP contribution in [0.15, 0.2) is 75.9 Å². The number of ketones is 1. The molecule has 0 spiro atoms. The van der Waals surface area contributed by atoms with Crippen LogP contribution in [0.25, 0.3) is 0 Å². The third-order valence-corrected chi connectivity index (χ3v) is 5.79. The number of benzene rings is 1. The Hall–Kier alpha value is -3.32. The number of amides is 1. The molecule has 4 rings (SSSR count). The predicted octanol–water partition coefficient (Wildman–Crippen LogP) is 4.19. The zero-order valence-corrected chi connectivity index (χ0v) is 16.8. The summed E-state index contributed by atoms with van der Waals surface area (Å²) >= 11 is 1.28. The fourth-order valence-corrected chi connectivity index (χ4v) is 4.14. The van der Waals surface area contributed by atoms with Crippen molar-refractivity contribution in [2.75, 3.05) is 19.0 Å². The minimum Gasteiger partial charge on any atom is -0.503 e. The van der Waals surface area contributed by atoms with Crippen LogP contribution in [-0.4, -0.2) is 35.8 Å². The fraction of sp³-hybridized carbons (Fsp3) is 0.182. The molecule has 1 unspecified atom stereocenters. The molecule has 3 aromatic rings. The van der Waals surface area contributed by atoms with E-state index >= 15 is 0 Å². The number of aliphatic hydroxyl groups is 1. The highest BCUT2D eigenvalue weighted by Crippen LogP contribution is 2.40. The van der Waals surface area contributed by atoms with Gasteiger partial charge in [0.1, 0.15) is 5.76 Å². The van der Waals surface area contributed by atoms with Crippen LogP contribution in [0.2, 0.25) is 0 Å². The van der Waals surface area contributed by atoms with E-state index < -0.39 is 17.7 Å². The molecule has 1 aliphatic heterocycles.